The Hall–Kier alpha value is -2.26. The van der Waals surface area contributed by atoms with Gasteiger partial charge in [-0.25, -0.2) is 15.0 Å². The number of halogens is 1. The van der Waals surface area contributed by atoms with Crippen molar-refractivity contribution < 1.29 is 9.53 Å². The summed E-state index contributed by atoms with van der Waals surface area (Å²) in [6.45, 7) is 8.52. The van der Waals surface area contributed by atoms with E-state index in [-0.39, 0.29) is 16.8 Å². The average molecular weight is 499 g/mol. The molecule has 170 valence electrons. The molecule has 1 aliphatic rings. The summed E-state index contributed by atoms with van der Waals surface area (Å²) in [5.41, 5.74) is 4.49. The number of ether oxygens (including phenoxy) is 1. The van der Waals surface area contributed by atoms with Crippen molar-refractivity contribution in [3.05, 3.63) is 52.4 Å². The molecule has 4 aromatic rings. The van der Waals surface area contributed by atoms with Gasteiger partial charge in [0.15, 0.2) is 0 Å². The number of amides is 1. The van der Waals surface area contributed by atoms with Crippen LogP contribution in [0.3, 0.4) is 0 Å². The maximum atomic E-state index is 12.8. The van der Waals surface area contributed by atoms with E-state index >= 15 is 0 Å². The van der Waals surface area contributed by atoms with E-state index in [1.807, 2.05) is 26.0 Å². The number of nitrogens with one attached hydrogen (secondary N) is 1. The maximum Gasteiger partial charge on any atom is 0.237 e. The molecule has 0 aliphatic carbocycles. The summed E-state index contributed by atoms with van der Waals surface area (Å²) in [7, 11) is 0. The molecular formula is C24H23ClN4O2S2. The highest BCUT2D eigenvalue weighted by Crippen LogP contribution is 2.40. The molecule has 0 spiro atoms. The van der Waals surface area contributed by atoms with Gasteiger partial charge in [-0.1, -0.05) is 29.4 Å². The average Bonchev–Trinajstić information content (AvgIpc) is 3.12. The van der Waals surface area contributed by atoms with Crippen LogP contribution in [0.15, 0.2) is 35.6 Å². The van der Waals surface area contributed by atoms with Gasteiger partial charge in [0, 0.05) is 28.1 Å². The number of anilines is 1. The normalized spacial score (nSPS) is 16.0. The summed E-state index contributed by atoms with van der Waals surface area (Å²) in [5.74, 6) is -0.110. The van der Waals surface area contributed by atoms with Gasteiger partial charge in [-0.3, -0.25) is 4.79 Å². The molecule has 0 saturated carbocycles. The SMILES string of the molecule is Cc1ccc(NC(=O)C(C)Sc2ncnc3c2sc2nc4c(cc23)COC(C)(C)C4)cc1Cl. The van der Waals surface area contributed by atoms with Gasteiger partial charge in [-0.2, -0.15) is 0 Å². The lowest BCUT2D eigenvalue weighted by Gasteiger charge is -2.30. The molecule has 0 saturated heterocycles. The van der Waals surface area contributed by atoms with Crippen LogP contribution in [0.4, 0.5) is 5.69 Å². The first-order chi connectivity index (χ1) is 15.7. The predicted molar refractivity (Wildman–Crippen MR) is 135 cm³/mol. The fraction of sp³-hybridized carbons (Fsp3) is 0.333. The molecule has 3 aromatic heterocycles. The number of nitrogens with zero attached hydrogens (tertiary/aromatic N) is 3. The first-order valence-corrected chi connectivity index (χ1v) is 12.7. The van der Waals surface area contributed by atoms with Crippen molar-refractivity contribution in [2.45, 2.75) is 56.6 Å². The van der Waals surface area contributed by atoms with Crippen LogP contribution < -0.4 is 5.32 Å². The van der Waals surface area contributed by atoms with Crippen molar-refractivity contribution in [1.29, 1.82) is 0 Å². The number of aromatic nitrogens is 3. The van der Waals surface area contributed by atoms with Crippen molar-refractivity contribution in [2.75, 3.05) is 5.32 Å². The number of thioether (sulfide) groups is 1. The lowest BCUT2D eigenvalue weighted by atomic mass is 9.95. The van der Waals surface area contributed by atoms with E-state index in [0.717, 1.165) is 48.7 Å². The Labute approximate surface area is 205 Å². The number of thiophene rings is 1. The number of hydrogen-bond donors (Lipinski definition) is 1. The second kappa shape index (κ2) is 8.51. The van der Waals surface area contributed by atoms with Crippen LogP contribution in [0.2, 0.25) is 5.02 Å². The van der Waals surface area contributed by atoms with Crippen molar-refractivity contribution >= 4 is 66.7 Å². The third-order valence-corrected chi connectivity index (χ3v) is 8.42. The van der Waals surface area contributed by atoms with Crippen LogP contribution in [0, 0.1) is 6.92 Å². The summed E-state index contributed by atoms with van der Waals surface area (Å²) >= 11 is 9.18. The number of fused-ring (bicyclic) bond motifs is 4. The molecule has 1 unspecified atom stereocenters. The quantitative estimate of drug-likeness (QED) is 0.268. The Morgan fingerprint density at radius 2 is 2.12 bits per heavy atom. The molecule has 9 heteroatoms. The number of hydrogen-bond acceptors (Lipinski definition) is 7. The van der Waals surface area contributed by atoms with E-state index in [1.165, 1.54) is 11.8 Å². The molecule has 1 amide bonds. The molecule has 1 N–H and O–H groups in total. The molecule has 0 bridgehead atoms. The zero-order valence-corrected chi connectivity index (χ0v) is 21.1. The highest BCUT2D eigenvalue weighted by Gasteiger charge is 2.28. The Morgan fingerprint density at radius 1 is 1.30 bits per heavy atom. The van der Waals surface area contributed by atoms with Crippen LogP contribution >= 0.6 is 34.7 Å². The Bertz CT molecular complexity index is 1400. The summed E-state index contributed by atoms with van der Waals surface area (Å²) in [4.78, 5) is 27.7. The molecule has 4 heterocycles. The molecule has 1 atom stereocenters. The third-order valence-electron chi connectivity index (χ3n) is 5.69. The smallest absolute Gasteiger partial charge is 0.237 e. The van der Waals surface area contributed by atoms with Crippen molar-refractivity contribution in [1.82, 2.24) is 15.0 Å². The highest BCUT2D eigenvalue weighted by molar-refractivity contribution is 8.00. The van der Waals surface area contributed by atoms with Crippen LogP contribution in [0.1, 0.15) is 37.6 Å². The van der Waals surface area contributed by atoms with Crippen LogP contribution in [0.5, 0.6) is 0 Å². The standard InChI is InChI=1S/C24H23ClN4O2S2/c1-12-5-6-15(8-17(12)25)28-21(30)13(2)32-23-20-19(26-11-27-23)16-7-14-10-31-24(3,4)9-18(14)29-22(16)33-20/h5-8,11,13H,9-10H2,1-4H3,(H,28,30). The monoisotopic (exact) mass is 498 g/mol. The lowest BCUT2D eigenvalue weighted by Crippen LogP contribution is -2.32. The van der Waals surface area contributed by atoms with Gasteiger partial charge in [0.1, 0.15) is 16.2 Å². The van der Waals surface area contributed by atoms with Gasteiger partial charge >= 0.3 is 0 Å². The topological polar surface area (TPSA) is 77.0 Å². The van der Waals surface area contributed by atoms with Gasteiger partial charge in [0.05, 0.1) is 33.4 Å². The highest BCUT2D eigenvalue weighted by atomic mass is 35.5. The van der Waals surface area contributed by atoms with Gasteiger partial charge in [-0.05, 0) is 51.5 Å². The van der Waals surface area contributed by atoms with E-state index in [1.54, 1.807) is 23.7 Å². The summed E-state index contributed by atoms with van der Waals surface area (Å²) < 4.78 is 6.92. The Balaban J connectivity index is 1.43. The minimum atomic E-state index is -0.358. The van der Waals surface area contributed by atoms with Gasteiger partial charge < -0.3 is 10.1 Å². The predicted octanol–water partition coefficient (Wildman–Crippen LogP) is 6.17. The fourth-order valence-electron chi connectivity index (χ4n) is 3.78. The molecule has 1 aliphatic heterocycles. The van der Waals surface area contributed by atoms with Crippen LogP contribution in [-0.4, -0.2) is 31.7 Å². The van der Waals surface area contributed by atoms with Gasteiger partial charge in [0.2, 0.25) is 5.91 Å². The van der Waals surface area contributed by atoms with Gasteiger partial charge in [0.25, 0.3) is 0 Å². The van der Waals surface area contributed by atoms with E-state index in [4.69, 9.17) is 21.3 Å². The second-order valence-electron chi connectivity index (χ2n) is 8.84. The number of pyridine rings is 1. The van der Waals surface area contributed by atoms with Crippen LogP contribution in [-0.2, 0) is 22.6 Å². The minimum Gasteiger partial charge on any atom is -0.370 e. The molecule has 5 rings (SSSR count). The summed E-state index contributed by atoms with van der Waals surface area (Å²) in [6, 6.07) is 7.65. The van der Waals surface area contributed by atoms with Crippen LogP contribution in [0.25, 0.3) is 20.4 Å². The third kappa shape index (κ3) is 4.45. The summed E-state index contributed by atoms with van der Waals surface area (Å²) in [5, 5.41) is 4.99. The molecule has 33 heavy (non-hydrogen) atoms. The number of aryl methyl sites for hydroxylation is 1. The van der Waals surface area contributed by atoms with E-state index in [9.17, 15) is 4.79 Å². The zero-order chi connectivity index (χ0) is 23.3. The fourth-order valence-corrected chi connectivity index (χ4v) is 6.06. The first-order valence-electron chi connectivity index (χ1n) is 10.6. The first kappa shape index (κ1) is 22.5. The summed E-state index contributed by atoms with van der Waals surface area (Å²) in [6.07, 6.45) is 2.33. The lowest BCUT2D eigenvalue weighted by molar-refractivity contribution is -0.115. The van der Waals surface area contributed by atoms with E-state index < -0.39 is 0 Å². The maximum absolute atomic E-state index is 12.8. The molecule has 0 fully saturated rings. The molecule has 0 radical (unpaired) electrons. The largest absolute Gasteiger partial charge is 0.370 e. The van der Waals surface area contributed by atoms with E-state index in [0.29, 0.717) is 17.3 Å². The van der Waals surface area contributed by atoms with Crippen molar-refractivity contribution in [3.8, 4) is 0 Å². The number of carbonyl (C=O) groups is 1. The second-order valence-corrected chi connectivity index (χ2v) is 11.6. The molecular weight excluding hydrogens is 476 g/mol. The Morgan fingerprint density at radius 3 is 2.91 bits per heavy atom. The molecule has 6 nitrogen and oxygen atoms in total. The Kier molecular flexibility index (Phi) is 5.81. The number of carbonyl (C=O) groups excluding carboxylic acids is 1. The zero-order valence-electron chi connectivity index (χ0n) is 18.7. The number of benzene rings is 1. The number of rotatable bonds is 4. The van der Waals surface area contributed by atoms with Crippen molar-refractivity contribution in [3.63, 3.8) is 0 Å². The minimum absolute atomic E-state index is 0.110. The molecule has 1 aromatic carbocycles. The van der Waals surface area contributed by atoms with E-state index in [2.05, 4.69) is 35.2 Å². The van der Waals surface area contributed by atoms with Gasteiger partial charge in [-0.15, -0.1) is 11.3 Å². The van der Waals surface area contributed by atoms with Crippen molar-refractivity contribution in [2.24, 2.45) is 0 Å².